The van der Waals surface area contributed by atoms with Crippen molar-refractivity contribution in [3.05, 3.63) is 29.6 Å². The number of hydrogen-bond acceptors (Lipinski definition) is 3. The first-order valence-electron chi connectivity index (χ1n) is 6.23. The number of rotatable bonds is 3. The van der Waals surface area contributed by atoms with E-state index < -0.39 is 11.4 Å². The number of carboxylic acid groups (broad SMARTS) is 1. The number of likely N-dealkylation sites (tertiary alicyclic amines) is 1. The summed E-state index contributed by atoms with van der Waals surface area (Å²) in [5, 5.41) is 9.17. The minimum Gasteiger partial charge on any atom is -0.481 e. The van der Waals surface area contributed by atoms with E-state index in [1.807, 2.05) is 0 Å². The van der Waals surface area contributed by atoms with Gasteiger partial charge >= 0.3 is 5.97 Å². The smallest absolute Gasteiger partial charge is 0.311 e. The van der Waals surface area contributed by atoms with Gasteiger partial charge in [0.2, 0.25) is 0 Å². The number of amides is 1. The third-order valence-corrected chi connectivity index (χ3v) is 4.43. The van der Waals surface area contributed by atoms with Crippen LogP contribution in [0.25, 0.3) is 0 Å². The van der Waals surface area contributed by atoms with E-state index in [4.69, 9.17) is 0 Å². The van der Waals surface area contributed by atoms with E-state index in [0.717, 1.165) is 0 Å². The molecule has 0 radical (unpaired) electrons. The Morgan fingerprint density at radius 1 is 1.45 bits per heavy atom. The van der Waals surface area contributed by atoms with E-state index in [0.29, 0.717) is 23.4 Å². The molecule has 1 heterocycles. The molecule has 1 aliphatic heterocycles. The average molecular weight is 297 g/mol. The number of carbonyl (C=O) groups is 2. The van der Waals surface area contributed by atoms with E-state index in [1.54, 1.807) is 13.2 Å². The molecule has 1 aromatic rings. The number of halogens is 1. The van der Waals surface area contributed by atoms with Crippen LogP contribution in [0.4, 0.5) is 4.39 Å². The zero-order valence-corrected chi connectivity index (χ0v) is 12.2. The van der Waals surface area contributed by atoms with Crippen molar-refractivity contribution in [2.75, 3.05) is 19.3 Å². The van der Waals surface area contributed by atoms with Gasteiger partial charge in [0.1, 0.15) is 5.82 Å². The normalized spacial score (nSPS) is 22.1. The Labute approximate surface area is 121 Å². The lowest BCUT2D eigenvalue weighted by molar-refractivity contribution is -0.147. The van der Waals surface area contributed by atoms with Crippen LogP contribution in [0.1, 0.15) is 23.7 Å². The monoisotopic (exact) mass is 297 g/mol. The predicted molar refractivity (Wildman–Crippen MR) is 74.4 cm³/mol. The van der Waals surface area contributed by atoms with E-state index in [9.17, 15) is 19.1 Å². The molecule has 4 nitrogen and oxygen atoms in total. The lowest BCUT2D eigenvalue weighted by atomic mass is 9.90. The van der Waals surface area contributed by atoms with Crippen molar-refractivity contribution >= 4 is 23.6 Å². The first kappa shape index (κ1) is 14.8. The quantitative estimate of drug-likeness (QED) is 0.871. The highest BCUT2D eigenvalue weighted by atomic mass is 32.2. The molecule has 1 fully saturated rings. The van der Waals surface area contributed by atoms with Gasteiger partial charge in [-0.25, -0.2) is 4.39 Å². The van der Waals surface area contributed by atoms with Gasteiger partial charge in [-0.1, -0.05) is 0 Å². The molecule has 1 saturated heterocycles. The lowest BCUT2D eigenvalue weighted by Gasteiger charge is -2.20. The molecule has 0 spiro atoms. The van der Waals surface area contributed by atoms with E-state index in [1.165, 1.54) is 34.9 Å². The van der Waals surface area contributed by atoms with Gasteiger partial charge in [-0.05, 0) is 37.8 Å². The van der Waals surface area contributed by atoms with Crippen LogP contribution in [0.5, 0.6) is 0 Å². The van der Waals surface area contributed by atoms with Gasteiger partial charge in [0, 0.05) is 23.5 Å². The largest absolute Gasteiger partial charge is 0.481 e. The summed E-state index contributed by atoms with van der Waals surface area (Å²) in [7, 11) is 0. The Morgan fingerprint density at radius 2 is 2.15 bits per heavy atom. The molecule has 6 heteroatoms. The fraction of sp³-hybridized carbons (Fsp3) is 0.429. The summed E-state index contributed by atoms with van der Waals surface area (Å²) in [6.07, 6.45) is 2.18. The first-order chi connectivity index (χ1) is 9.37. The third kappa shape index (κ3) is 2.65. The van der Waals surface area contributed by atoms with Crippen LogP contribution in [0, 0.1) is 11.2 Å². The molecule has 108 valence electrons. The highest BCUT2D eigenvalue weighted by molar-refractivity contribution is 7.98. The molecule has 1 unspecified atom stereocenters. The molecule has 1 aromatic carbocycles. The number of nitrogens with zero attached hydrogens (tertiary/aromatic N) is 1. The van der Waals surface area contributed by atoms with E-state index >= 15 is 0 Å². The van der Waals surface area contributed by atoms with Gasteiger partial charge in [0.25, 0.3) is 5.91 Å². The topological polar surface area (TPSA) is 57.6 Å². The number of carboxylic acids is 1. The number of aliphatic carboxylic acids is 1. The molecule has 1 N–H and O–H groups in total. The second kappa shape index (κ2) is 5.44. The van der Waals surface area contributed by atoms with Crippen LogP contribution in [0.3, 0.4) is 0 Å². The Kier molecular flexibility index (Phi) is 4.04. The van der Waals surface area contributed by atoms with E-state index in [-0.39, 0.29) is 18.3 Å². The van der Waals surface area contributed by atoms with Crippen LogP contribution in [-0.2, 0) is 4.79 Å². The Bertz CT molecular complexity index is 563. The van der Waals surface area contributed by atoms with Crippen molar-refractivity contribution < 1.29 is 19.1 Å². The molecule has 1 atom stereocenters. The van der Waals surface area contributed by atoms with Crippen LogP contribution in [-0.4, -0.2) is 41.2 Å². The zero-order chi connectivity index (χ0) is 14.9. The SMILES string of the molecule is CSc1cc(C(=O)N2CCC(C)(C(=O)O)C2)ccc1F. The fourth-order valence-corrected chi connectivity index (χ4v) is 2.79. The highest BCUT2D eigenvalue weighted by Gasteiger charge is 2.42. The van der Waals surface area contributed by atoms with Gasteiger partial charge in [0.05, 0.1) is 5.41 Å². The van der Waals surface area contributed by atoms with Gasteiger partial charge < -0.3 is 10.0 Å². The number of thioether (sulfide) groups is 1. The summed E-state index contributed by atoms with van der Waals surface area (Å²) in [6, 6.07) is 4.22. The Hall–Kier alpha value is -1.56. The van der Waals surface area contributed by atoms with Crippen molar-refractivity contribution in [3.63, 3.8) is 0 Å². The van der Waals surface area contributed by atoms with Crippen molar-refractivity contribution in [2.24, 2.45) is 5.41 Å². The van der Waals surface area contributed by atoms with Crippen LogP contribution in [0.15, 0.2) is 23.1 Å². The molecular weight excluding hydrogens is 281 g/mol. The van der Waals surface area contributed by atoms with Crippen molar-refractivity contribution in [3.8, 4) is 0 Å². The number of benzene rings is 1. The van der Waals surface area contributed by atoms with Gasteiger partial charge in [-0.15, -0.1) is 11.8 Å². The van der Waals surface area contributed by atoms with Gasteiger partial charge in [0.15, 0.2) is 0 Å². The molecule has 0 aliphatic carbocycles. The fourth-order valence-electron chi connectivity index (χ4n) is 2.28. The summed E-state index contributed by atoms with van der Waals surface area (Å²) in [4.78, 5) is 25.5. The van der Waals surface area contributed by atoms with Crippen molar-refractivity contribution in [2.45, 2.75) is 18.2 Å². The molecule has 0 aromatic heterocycles. The standard InChI is InChI=1S/C14H16FNO3S/c1-14(13(18)19)5-6-16(8-14)12(17)9-3-4-10(15)11(7-9)20-2/h3-4,7H,5-6,8H2,1-2H3,(H,18,19). The molecule has 0 saturated carbocycles. The third-order valence-electron chi connectivity index (χ3n) is 3.67. The highest BCUT2D eigenvalue weighted by Crippen LogP contribution is 2.31. The van der Waals surface area contributed by atoms with E-state index in [2.05, 4.69) is 0 Å². The molecule has 20 heavy (non-hydrogen) atoms. The lowest BCUT2D eigenvalue weighted by Crippen LogP contribution is -2.34. The minimum absolute atomic E-state index is 0.188. The maximum absolute atomic E-state index is 13.4. The summed E-state index contributed by atoms with van der Waals surface area (Å²) in [6.45, 7) is 2.24. The molecule has 1 amide bonds. The maximum atomic E-state index is 13.4. The van der Waals surface area contributed by atoms with Gasteiger partial charge in [-0.2, -0.15) is 0 Å². The first-order valence-corrected chi connectivity index (χ1v) is 7.46. The number of carbonyl (C=O) groups excluding carboxylic acids is 1. The molecule has 0 bridgehead atoms. The zero-order valence-electron chi connectivity index (χ0n) is 11.4. The van der Waals surface area contributed by atoms with Crippen molar-refractivity contribution in [1.29, 1.82) is 0 Å². The molecule has 2 rings (SSSR count). The predicted octanol–water partition coefficient (Wildman–Crippen LogP) is 2.48. The second-order valence-corrected chi connectivity index (χ2v) is 6.04. The maximum Gasteiger partial charge on any atom is 0.311 e. The summed E-state index contributed by atoms with van der Waals surface area (Å²) < 4.78 is 13.4. The summed E-state index contributed by atoms with van der Waals surface area (Å²) >= 11 is 1.23. The summed E-state index contributed by atoms with van der Waals surface area (Å²) in [5.74, 6) is -1.49. The Balaban J connectivity index is 2.19. The van der Waals surface area contributed by atoms with Crippen LogP contribution in [0.2, 0.25) is 0 Å². The second-order valence-electron chi connectivity index (χ2n) is 5.19. The Morgan fingerprint density at radius 3 is 2.70 bits per heavy atom. The molecule has 1 aliphatic rings. The molecular formula is C14H16FNO3S. The van der Waals surface area contributed by atoms with Crippen LogP contribution >= 0.6 is 11.8 Å². The van der Waals surface area contributed by atoms with Crippen LogP contribution < -0.4 is 0 Å². The average Bonchev–Trinajstić information content (AvgIpc) is 2.82. The minimum atomic E-state index is -0.892. The number of hydrogen-bond donors (Lipinski definition) is 1. The van der Waals surface area contributed by atoms with Crippen molar-refractivity contribution in [1.82, 2.24) is 4.90 Å². The summed E-state index contributed by atoms with van der Waals surface area (Å²) in [5.41, 5.74) is -0.497. The van der Waals surface area contributed by atoms with Gasteiger partial charge in [-0.3, -0.25) is 9.59 Å².